The Balaban J connectivity index is 2.08. The molecule has 16 heavy (non-hydrogen) atoms. The molecule has 1 unspecified atom stereocenters. The van der Waals surface area contributed by atoms with Gasteiger partial charge in [-0.2, -0.15) is 0 Å². The first kappa shape index (κ1) is 10.9. The molecule has 5 nitrogen and oxygen atoms in total. The summed E-state index contributed by atoms with van der Waals surface area (Å²) in [6.07, 6.45) is 4.11. The molecule has 0 aromatic carbocycles. The summed E-state index contributed by atoms with van der Waals surface area (Å²) in [7, 11) is 0. The zero-order valence-corrected chi connectivity index (χ0v) is 9.42. The highest BCUT2D eigenvalue weighted by atomic mass is 16.4. The minimum Gasteiger partial charge on any atom is -0.424 e. The molecule has 5 heteroatoms. The fraction of sp³-hybridized carbons (Fsp3) is 0.455. The van der Waals surface area contributed by atoms with Crippen LogP contribution in [0.3, 0.4) is 0 Å². The summed E-state index contributed by atoms with van der Waals surface area (Å²) in [5.41, 5.74) is 0.915. The molecule has 0 aliphatic heterocycles. The normalized spacial score (nSPS) is 12.9. The summed E-state index contributed by atoms with van der Waals surface area (Å²) < 4.78 is 7.20. The third-order valence-electron chi connectivity index (χ3n) is 2.43. The van der Waals surface area contributed by atoms with Gasteiger partial charge in [-0.1, -0.05) is 6.92 Å². The van der Waals surface area contributed by atoms with E-state index in [9.17, 15) is 5.11 Å². The van der Waals surface area contributed by atoms with Crippen LogP contribution >= 0.6 is 0 Å². The first-order valence-electron chi connectivity index (χ1n) is 5.31. The quantitative estimate of drug-likeness (QED) is 0.853. The molecule has 2 heterocycles. The van der Waals surface area contributed by atoms with Crippen molar-refractivity contribution in [1.82, 2.24) is 14.8 Å². The molecule has 0 radical (unpaired) electrons. The predicted molar refractivity (Wildman–Crippen MR) is 57.8 cm³/mol. The van der Waals surface area contributed by atoms with E-state index in [0.29, 0.717) is 24.7 Å². The molecular formula is C11H15N3O2. The van der Waals surface area contributed by atoms with Crippen molar-refractivity contribution in [3.8, 4) is 0 Å². The first-order valence-corrected chi connectivity index (χ1v) is 5.31. The molecule has 0 bridgehead atoms. The number of aryl methyl sites for hydroxylation is 1. The lowest BCUT2D eigenvalue weighted by atomic mass is 10.1. The molecule has 2 aromatic rings. The predicted octanol–water partition coefficient (Wildman–Crippen LogP) is 1.67. The second-order valence-corrected chi connectivity index (χ2v) is 3.76. The van der Waals surface area contributed by atoms with Gasteiger partial charge in [0, 0.05) is 19.3 Å². The van der Waals surface area contributed by atoms with Crippen LogP contribution in [0.2, 0.25) is 0 Å². The maximum atomic E-state index is 9.65. The van der Waals surface area contributed by atoms with Crippen LogP contribution in [0.1, 0.15) is 36.8 Å². The summed E-state index contributed by atoms with van der Waals surface area (Å²) >= 11 is 0. The highest BCUT2D eigenvalue weighted by Crippen LogP contribution is 2.16. The Kier molecular flexibility index (Phi) is 3.05. The molecule has 2 aromatic heterocycles. The average Bonchev–Trinajstić information content (AvgIpc) is 2.87. The van der Waals surface area contributed by atoms with Crippen molar-refractivity contribution < 1.29 is 9.52 Å². The molecule has 86 valence electrons. The number of aromatic nitrogens is 3. The minimum atomic E-state index is -0.398. The summed E-state index contributed by atoms with van der Waals surface area (Å²) in [6, 6.07) is 1.90. The van der Waals surface area contributed by atoms with Crippen LogP contribution in [-0.4, -0.2) is 19.9 Å². The molecule has 2 rings (SSSR count). The molecule has 0 amide bonds. The number of aliphatic hydroxyl groups is 1. The lowest BCUT2D eigenvalue weighted by Crippen LogP contribution is -1.98. The van der Waals surface area contributed by atoms with Crippen LogP contribution in [-0.2, 0) is 6.54 Å². The van der Waals surface area contributed by atoms with Crippen molar-refractivity contribution in [3.05, 3.63) is 35.8 Å². The van der Waals surface area contributed by atoms with Gasteiger partial charge >= 0.3 is 0 Å². The van der Waals surface area contributed by atoms with Crippen LogP contribution in [0.25, 0.3) is 0 Å². The molecular weight excluding hydrogens is 206 g/mol. The Labute approximate surface area is 93.7 Å². The van der Waals surface area contributed by atoms with E-state index in [2.05, 4.69) is 10.2 Å². The SMILES string of the molecule is CCC(O)c1ccn(Cc2nnc(C)o2)c1. The number of rotatable bonds is 4. The topological polar surface area (TPSA) is 64.1 Å². The van der Waals surface area contributed by atoms with Gasteiger partial charge in [0.15, 0.2) is 0 Å². The standard InChI is InChI=1S/C11H15N3O2/c1-3-10(15)9-4-5-14(6-9)7-11-13-12-8(2)16-11/h4-6,10,15H,3,7H2,1-2H3. The maximum absolute atomic E-state index is 9.65. The highest BCUT2D eigenvalue weighted by molar-refractivity contribution is 5.13. The van der Waals surface area contributed by atoms with Crippen molar-refractivity contribution in [2.24, 2.45) is 0 Å². The van der Waals surface area contributed by atoms with Gasteiger partial charge in [-0.25, -0.2) is 0 Å². The summed E-state index contributed by atoms with van der Waals surface area (Å²) in [5.74, 6) is 1.14. The average molecular weight is 221 g/mol. The zero-order chi connectivity index (χ0) is 11.5. The van der Waals surface area contributed by atoms with Crippen molar-refractivity contribution >= 4 is 0 Å². The molecule has 0 spiro atoms. The van der Waals surface area contributed by atoms with E-state index in [1.54, 1.807) is 6.92 Å². The second-order valence-electron chi connectivity index (χ2n) is 3.76. The fourth-order valence-electron chi connectivity index (χ4n) is 1.55. The van der Waals surface area contributed by atoms with E-state index in [1.807, 2.05) is 30.0 Å². The Hall–Kier alpha value is -1.62. The molecule has 0 fully saturated rings. The highest BCUT2D eigenvalue weighted by Gasteiger charge is 2.08. The van der Waals surface area contributed by atoms with Gasteiger partial charge in [-0.15, -0.1) is 10.2 Å². The maximum Gasteiger partial charge on any atom is 0.236 e. The van der Waals surface area contributed by atoms with E-state index in [4.69, 9.17) is 4.42 Å². The van der Waals surface area contributed by atoms with Crippen molar-refractivity contribution in [2.75, 3.05) is 0 Å². The Morgan fingerprint density at radius 1 is 1.50 bits per heavy atom. The van der Waals surface area contributed by atoms with Gasteiger partial charge in [0.1, 0.15) is 6.54 Å². The van der Waals surface area contributed by atoms with Gasteiger partial charge in [-0.05, 0) is 18.1 Å². The smallest absolute Gasteiger partial charge is 0.236 e. The molecule has 1 N–H and O–H groups in total. The Morgan fingerprint density at radius 3 is 2.94 bits per heavy atom. The van der Waals surface area contributed by atoms with Gasteiger partial charge < -0.3 is 14.1 Å². The lowest BCUT2D eigenvalue weighted by Gasteiger charge is -2.03. The van der Waals surface area contributed by atoms with Gasteiger partial charge in [0.05, 0.1) is 6.10 Å². The van der Waals surface area contributed by atoms with Crippen LogP contribution < -0.4 is 0 Å². The van der Waals surface area contributed by atoms with Crippen molar-refractivity contribution in [3.63, 3.8) is 0 Å². The summed E-state index contributed by atoms with van der Waals surface area (Å²) in [6.45, 7) is 4.25. The number of hydrogen-bond acceptors (Lipinski definition) is 4. The van der Waals surface area contributed by atoms with E-state index in [1.165, 1.54) is 0 Å². The molecule has 0 aliphatic carbocycles. The van der Waals surface area contributed by atoms with Crippen molar-refractivity contribution in [1.29, 1.82) is 0 Å². The third kappa shape index (κ3) is 2.30. The monoisotopic (exact) mass is 221 g/mol. The van der Waals surface area contributed by atoms with E-state index in [-0.39, 0.29) is 0 Å². The van der Waals surface area contributed by atoms with E-state index in [0.717, 1.165) is 5.56 Å². The summed E-state index contributed by atoms with van der Waals surface area (Å²) in [4.78, 5) is 0. The number of hydrogen-bond donors (Lipinski definition) is 1. The Morgan fingerprint density at radius 2 is 2.31 bits per heavy atom. The number of aliphatic hydroxyl groups excluding tert-OH is 1. The van der Waals surface area contributed by atoms with Crippen LogP contribution in [0.4, 0.5) is 0 Å². The van der Waals surface area contributed by atoms with Gasteiger partial charge in [-0.3, -0.25) is 0 Å². The van der Waals surface area contributed by atoms with E-state index >= 15 is 0 Å². The van der Waals surface area contributed by atoms with Crippen LogP contribution in [0.15, 0.2) is 22.9 Å². The molecule has 0 saturated heterocycles. The van der Waals surface area contributed by atoms with E-state index < -0.39 is 6.10 Å². The first-order chi connectivity index (χ1) is 7.69. The van der Waals surface area contributed by atoms with Gasteiger partial charge in [0.2, 0.25) is 11.8 Å². The molecule has 0 saturated carbocycles. The van der Waals surface area contributed by atoms with Crippen LogP contribution in [0.5, 0.6) is 0 Å². The minimum absolute atomic E-state index is 0.398. The second kappa shape index (κ2) is 4.49. The summed E-state index contributed by atoms with van der Waals surface area (Å²) in [5, 5.41) is 17.3. The molecule has 0 aliphatic rings. The molecule has 1 atom stereocenters. The number of nitrogens with zero attached hydrogens (tertiary/aromatic N) is 3. The lowest BCUT2D eigenvalue weighted by molar-refractivity contribution is 0.173. The third-order valence-corrected chi connectivity index (χ3v) is 2.43. The fourth-order valence-corrected chi connectivity index (χ4v) is 1.55. The largest absolute Gasteiger partial charge is 0.424 e. The zero-order valence-electron chi connectivity index (χ0n) is 9.42. The Bertz CT molecular complexity index is 461. The van der Waals surface area contributed by atoms with Gasteiger partial charge in [0.25, 0.3) is 0 Å². The van der Waals surface area contributed by atoms with Crippen LogP contribution in [0, 0.1) is 6.92 Å². The van der Waals surface area contributed by atoms with Crippen molar-refractivity contribution in [2.45, 2.75) is 32.9 Å².